The van der Waals surface area contributed by atoms with Crippen LogP contribution in [0.5, 0.6) is 0 Å². The fourth-order valence-corrected chi connectivity index (χ4v) is 3.43. The fraction of sp³-hybridized carbons (Fsp3) is 0.0800. The van der Waals surface area contributed by atoms with Gasteiger partial charge in [-0.1, -0.05) is 48.5 Å². The van der Waals surface area contributed by atoms with Crippen LogP contribution in [0.15, 0.2) is 96.1 Å². The van der Waals surface area contributed by atoms with Crippen LogP contribution in [0.1, 0.15) is 11.1 Å². The van der Waals surface area contributed by atoms with Gasteiger partial charge in [0.05, 0.1) is 6.54 Å². The Morgan fingerprint density at radius 3 is 2.42 bits per heavy atom. The summed E-state index contributed by atoms with van der Waals surface area (Å²) < 4.78 is 1.51. The third-order valence-electron chi connectivity index (χ3n) is 4.89. The minimum absolute atomic E-state index is 0.312. The maximum Gasteiger partial charge on any atom is 0.347 e. The van der Waals surface area contributed by atoms with E-state index in [1.54, 1.807) is 18.3 Å². The molecule has 0 bridgehead atoms. The van der Waals surface area contributed by atoms with E-state index in [4.69, 9.17) is 0 Å². The Hall–Kier alpha value is -4.19. The molecule has 0 saturated heterocycles. The average molecular weight is 410 g/mol. The van der Waals surface area contributed by atoms with E-state index in [0.29, 0.717) is 17.9 Å². The molecule has 0 unspecified atom stereocenters. The van der Waals surface area contributed by atoms with Crippen LogP contribution >= 0.6 is 0 Å². The van der Waals surface area contributed by atoms with Crippen LogP contribution in [-0.2, 0) is 6.54 Å². The first kappa shape index (κ1) is 20.1. The summed E-state index contributed by atoms with van der Waals surface area (Å²) in [6.07, 6.45) is 3.15. The summed E-state index contributed by atoms with van der Waals surface area (Å²) >= 11 is 0. The quantitative estimate of drug-likeness (QED) is 0.491. The predicted octanol–water partition coefficient (Wildman–Crippen LogP) is 4.91. The van der Waals surface area contributed by atoms with Gasteiger partial charge in [0.2, 0.25) is 0 Å². The maximum absolute atomic E-state index is 12.5. The van der Waals surface area contributed by atoms with Crippen molar-refractivity contribution in [1.82, 2.24) is 9.55 Å². The number of aromatic nitrogens is 2. The van der Waals surface area contributed by atoms with Crippen LogP contribution in [0.25, 0.3) is 11.1 Å². The third-order valence-corrected chi connectivity index (χ3v) is 4.89. The summed E-state index contributed by atoms with van der Waals surface area (Å²) in [5.41, 5.74) is 5.28. The highest BCUT2D eigenvalue weighted by molar-refractivity contribution is 6.00. The molecule has 1 aromatic heterocycles. The minimum Gasteiger partial charge on any atom is -0.308 e. The Bertz CT molecular complexity index is 1270. The number of hydrogen-bond donors (Lipinski definition) is 2. The predicted molar refractivity (Wildman–Crippen MR) is 123 cm³/mol. The summed E-state index contributed by atoms with van der Waals surface area (Å²) in [5.74, 6) is 0. The molecule has 31 heavy (non-hydrogen) atoms. The lowest BCUT2D eigenvalue weighted by atomic mass is 10.0. The number of anilines is 2. The van der Waals surface area contributed by atoms with Gasteiger partial charge in [-0.25, -0.2) is 14.6 Å². The molecule has 154 valence electrons. The van der Waals surface area contributed by atoms with Gasteiger partial charge in [-0.05, 0) is 59.5 Å². The Labute approximate surface area is 180 Å². The Balaban J connectivity index is 1.43. The van der Waals surface area contributed by atoms with Gasteiger partial charge in [-0.3, -0.25) is 4.57 Å². The average Bonchev–Trinajstić information content (AvgIpc) is 2.76. The number of carbonyl (C=O) groups excluding carboxylic acids is 1. The Morgan fingerprint density at radius 1 is 0.903 bits per heavy atom. The van der Waals surface area contributed by atoms with Crippen LogP contribution in [-0.4, -0.2) is 15.6 Å². The normalized spacial score (nSPS) is 10.5. The van der Waals surface area contributed by atoms with Gasteiger partial charge in [0, 0.05) is 23.8 Å². The summed E-state index contributed by atoms with van der Waals surface area (Å²) in [6.45, 7) is 2.40. The summed E-state index contributed by atoms with van der Waals surface area (Å²) in [6, 6.07) is 24.7. The lowest BCUT2D eigenvalue weighted by Crippen LogP contribution is -2.22. The van der Waals surface area contributed by atoms with Crippen molar-refractivity contribution in [2.24, 2.45) is 0 Å². The van der Waals surface area contributed by atoms with Crippen LogP contribution in [0.4, 0.5) is 16.2 Å². The number of benzene rings is 3. The highest BCUT2D eigenvalue weighted by Gasteiger charge is 2.07. The lowest BCUT2D eigenvalue weighted by Gasteiger charge is -2.12. The van der Waals surface area contributed by atoms with E-state index in [9.17, 15) is 9.59 Å². The van der Waals surface area contributed by atoms with E-state index < -0.39 is 0 Å². The molecule has 4 aromatic rings. The first-order valence-electron chi connectivity index (χ1n) is 9.93. The van der Waals surface area contributed by atoms with Crippen molar-refractivity contribution in [2.75, 3.05) is 10.6 Å². The van der Waals surface area contributed by atoms with Crippen LogP contribution < -0.4 is 16.3 Å². The maximum atomic E-state index is 12.5. The SMILES string of the molecule is Cc1cc(NC(=O)Nc2cccc(Cn3cccnc3=O)c2)ccc1-c1ccccc1. The number of urea groups is 1. The second-order valence-electron chi connectivity index (χ2n) is 7.21. The number of carbonyl (C=O) groups is 1. The molecule has 0 fully saturated rings. The van der Waals surface area contributed by atoms with Crippen molar-refractivity contribution in [3.8, 4) is 11.1 Å². The van der Waals surface area contributed by atoms with Crippen LogP contribution in [0.2, 0.25) is 0 Å². The smallest absolute Gasteiger partial charge is 0.308 e. The van der Waals surface area contributed by atoms with Gasteiger partial charge in [0.15, 0.2) is 0 Å². The molecule has 6 nitrogen and oxygen atoms in total. The van der Waals surface area contributed by atoms with E-state index in [0.717, 1.165) is 22.3 Å². The zero-order valence-electron chi connectivity index (χ0n) is 17.1. The van der Waals surface area contributed by atoms with Crippen molar-refractivity contribution < 1.29 is 4.79 Å². The standard InChI is InChI=1S/C25H22N4O2/c1-18-15-22(11-12-23(18)20-8-3-2-4-9-20)28-24(30)27-21-10-5-7-19(16-21)17-29-14-6-13-26-25(29)31/h2-16H,17H2,1H3,(H2,27,28,30). The van der Waals surface area contributed by atoms with Gasteiger partial charge in [0.1, 0.15) is 0 Å². The van der Waals surface area contributed by atoms with Crippen molar-refractivity contribution in [2.45, 2.75) is 13.5 Å². The number of rotatable bonds is 5. The number of amides is 2. The highest BCUT2D eigenvalue weighted by Crippen LogP contribution is 2.25. The molecule has 2 N–H and O–H groups in total. The van der Waals surface area contributed by atoms with Gasteiger partial charge >= 0.3 is 11.7 Å². The number of nitrogens with one attached hydrogen (secondary N) is 2. The van der Waals surface area contributed by atoms with Crippen LogP contribution in [0.3, 0.4) is 0 Å². The molecular formula is C25H22N4O2. The van der Waals surface area contributed by atoms with Gasteiger partial charge in [-0.2, -0.15) is 0 Å². The van der Waals surface area contributed by atoms with E-state index in [-0.39, 0.29) is 11.7 Å². The second kappa shape index (κ2) is 9.09. The van der Waals surface area contributed by atoms with E-state index >= 15 is 0 Å². The van der Waals surface area contributed by atoms with Gasteiger partial charge < -0.3 is 10.6 Å². The first-order valence-corrected chi connectivity index (χ1v) is 9.93. The van der Waals surface area contributed by atoms with E-state index in [1.165, 1.54) is 10.8 Å². The second-order valence-corrected chi connectivity index (χ2v) is 7.21. The Kier molecular flexibility index (Phi) is 5.89. The first-order chi connectivity index (χ1) is 15.1. The zero-order chi connectivity index (χ0) is 21.6. The number of aryl methyl sites for hydroxylation is 1. The number of hydrogen-bond acceptors (Lipinski definition) is 3. The molecule has 0 spiro atoms. The highest BCUT2D eigenvalue weighted by atomic mass is 16.2. The molecule has 0 saturated carbocycles. The summed E-state index contributed by atoms with van der Waals surface area (Å²) in [4.78, 5) is 28.0. The summed E-state index contributed by atoms with van der Waals surface area (Å²) in [7, 11) is 0. The van der Waals surface area contributed by atoms with Crippen molar-refractivity contribution in [3.63, 3.8) is 0 Å². The monoisotopic (exact) mass is 410 g/mol. The largest absolute Gasteiger partial charge is 0.347 e. The van der Waals surface area contributed by atoms with E-state index in [2.05, 4.69) is 27.8 Å². The minimum atomic E-state index is -0.331. The fourth-order valence-electron chi connectivity index (χ4n) is 3.43. The molecule has 0 aliphatic carbocycles. The molecule has 2 amide bonds. The lowest BCUT2D eigenvalue weighted by molar-refractivity contribution is 0.262. The molecule has 0 aliphatic rings. The van der Waals surface area contributed by atoms with Crippen molar-refractivity contribution >= 4 is 17.4 Å². The van der Waals surface area contributed by atoms with Gasteiger partial charge in [-0.15, -0.1) is 0 Å². The zero-order valence-corrected chi connectivity index (χ0v) is 17.1. The molecular weight excluding hydrogens is 388 g/mol. The molecule has 0 atom stereocenters. The molecule has 0 aliphatic heterocycles. The molecule has 4 rings (SSSR count). The summed E-state index contributed by atoms with van der Waals surface area (Å²) in [5, 5.41) is 5.72. The van der Waals surface area contributed by atoms with Gasteiger partial charge in [0.25, 0.3) is 0 Å². The van der Waals surface area contributed by atoms with E-state index in [1.807, 2.05) is 61.5 Å². The van der Waals surface area contributed by atoms with Crippen molar-refractivity contribution in [3.05, 3.63) is 113 Å². The van der Waals surface area contributed by atoms with Crippen molar-refractivity contribution in [1.29, 1.82) is 0 Å². The number of nitrogens with zero attached hydrogens (tertiary/aromatic N) is 2. The molecule has 0 radical (unpaired) electrons. The topological polar surface area (TPSA) is 76.0 Å². The molecule has 3 aromatic carbocycles. The Morgan fingerprint density at radius 2 is 1.68 bits per heavy atom. The van der Waals surface area contributed by atoms with Crippen LogP contribution in [0, 0.1) is 6.92 Å². The molecule has 1 heterocycles. The molecule has 6 heteroatoms. The third kappa shape index (κ3) is 5.05.